The average Bonchev–Trinajstić information content (AvgIpc) is 2.62. The molecule has 1 heterocycles. The summed E-state index contributed by atoms with van der Waals surface area (Å²) in [6, 6.07) is 17.2. The molecule has 1 unspecified atom stereocenters. The largest absolute Gasteiger partial charge is 0.457 e. The lowest BCUT2D eigenvalue weighted by Gasteiger charge is -2.37. The zero-order chi connectivity index (χ0) is 18.7. The molecule has 0 spiro atoms. The summed E-state index contributed by atoms with van der Waals surface area (Å²) in [6.45, 7) is 6.30. The van der Waals surface area contributed by atoms with Crippen molar-refractivity contribution >= 4 is 23.1 Å². The van der Waals surface area contributed by atoms with E-state index in [-0.39, 0.29) is 11.8 Å². The van der Waals surface area contributed by atoms with Gasteiger partial charge in [-0.15, -0.1) is 0 Å². The number of ketones is 1. The van der Waals surface area contributed by atoms with Gasteiger partial charge in [0.2, 0.25) is 0 Å². The van der Waals surface area contributed by atoms with Gasteiger partial charge in [0.25, 0.3) is 0 Å². The lowest BCUT2D eigenvalue weighted by molar-refractivity contribution is -0.114. The zero-order valence-corrected chi connectivity index (χ0v) is 16.0. The van der Waals surface area contributed by atoms with Crippen molar-refractivity contribution in [3.8, 4) is 11.5 Å². The highest BCUT2D eigenvalue weighted by Crippen LogP contribution is 2.32. The van der Waals surface area contributed by atoms with Gasteiger partial charge in [-0.1, -0.05) is 30.3 Å². The highest BCUT2D eigenvalue weighted by molar-refractivity contribution is 7.80. The first-order valence-corrected chi connectivity index (χ1v) is 9.04. The van der Waals surface area contributed by atoms with Crippen molar-refractivity contribution in [2.24, 2.45) is 0 Å². The van der Waals surface area contributed by atoms with Gasteiger partial charge in [-0.05, 0) is 62.8 Å². The molecule has 1 aliphatic heterocycles. The predicted molar refractivity (Wildman–Crippen MR) is 107 cm³/mol. The third-order valence-corrected chi connectivity index (χ3v) is 4.82. The number of Topliss-reactive ketones (excluding diaryl/α,β-unsaturated/α-hetero) is 1. The van der Waals surface area contributed by atoms with Gasteiger partial charge in [-0.25, -0.2) is 0 Å². The zero-order valence-electron chi connectivity index (χ0n) is 15.2. The van der Waals surface area contributed by atoms with Crippen molar-refractivity contribution < 1.29 is 9.53 Å². The maximum atomic E-state index is 12.3. The number of hydrogen-bond acceptors (Lipinski definition) is 3. The van der Waals surface area contributed by atoms with Crippen molar-refractivity contribution in [1.29, 1.82) is 0 Å². The van der Waals surface area contributed by atoms with E-state index in [0.717, 1.165) is 34.9 Å². The number of carbonyl (C=O) groups is 1. The summed E-state index contributed by atoms with van der Waals surface area (Å²) in [6.07, 6.45) is 0. The van der Waals surface area contributed by atoms with Crippen molar-refractivity contribution in [3.63, 3.8) is 0 Å². The molecule has 0 saturated heterocycles. The third-order valence-electron chi connectivity index (χ3n) is 4.48. The van der Waals surface area contributed by atoms with E-state index in [1.807, 2.05) is 73.3 Å². The van der Waals surface area contributed by atoms with Gasteiger partial charge in [-0.3, -0.25) is 4.79 Å². The summed E-state index contributed by atoms with van der Waals surface area (Å²) in [5.74, 6) is 1.58. The van der Waals surface area contributed by atoms with Gasteiger partial charge in [0, 0.05) is 17.8 Å². The van der Waals surface area contributed by atoms with Crippen LogP contribution in [0, 0.1) is 0 Å². The van der Waals surface area contributed by atoms with Crippen LogP contribution in [0.1, 0.15) is 32.4 Å². The fourth-order valence-corrected chi connectivity index (χ4v) is 3.61. The Labute approximate surface area is 159 Å². The maximum Gasteiger partial charge on any atom is 0.173 e. The van der Waals surface area contributed by atoms with E-state index >= 15 is 0 Å². The van der Waals surface area contributed by atoms with Gasteiger partial charge < -0.3 is 15.0 Å². The van der Waals surface area contributed by atoms with Crippen LogP contribution in [-0.4, -0.2) is 22.3 Å². The average molecular weight is 366 g/mol. The van der Waals surface area contributed by atoms with Gasteiger partial charge >= 0.3 is 0 Å². The second-order valence-corrected chi connectivity index (χ2v) is 6.55. The van der Waals surface area contributed by atoms with E-state index in [2.05, 4.69) is 5.32 Å². The van der Waals surface area contributed by atoms with Crippen LogP contribution in [-0.2, 0) is 4.79 Å². The molecule has 0 aromatic heterocycles. The topological polar surface area (TPSA) is 41.6 Å². The number of nitrogens with one attached hydrogen (secondary N) is 1. The number of carbonyl (C=O) groups excluding carboxylic acids is 1. The highest BCUT2D eigenvalue weighted by Gasteiger charge is 2.31. The second kappa shape index (κ2) is 7.70. The van der Waals surface area contributed by atoms with Crippen LogP contribution in [0.3, 0.4) is 0 Å². The Morgan fingerprint density at radius 1 is 1.12 bits per heavy atom. The van der Waals surface area contributed by atoms with Crippen LogP contribution >= 0.6 is 12.2 Å². The molecule has 0 bridgehead atoms. The molecule has 0 saturated carbocycles. The smallest absolute Gasteiger partial charge is 0.173 e. The fraction of sp³-hybridized carbons (Fsp3) is 0.238. The molecule has 26 heavy (non-hydrogen) atoms. The van der Waals surface area contributed by atoms with Crippen LogP contribution in [0.15, 0.2) is 65.9 Å². The molecule has 0 fully saturated rings. The summed E-state index contributed by atoms with van der Waals surface area (Å²) in [5, 5.41) is 3.95. The van der Waals surface area contributed by atoms with Gasteiger partial charge in [-0.2, -0.15) is 0 Å². The van der Waals surface area contributed by atoms with Crippen LogP contribution in [0.25, 0.3) is 0 Å². The van der Waals surface area contributed by atoms with E-state index in [0.29, 0.717) is 5.11 Å². The standard InChI is InChI=1S/C21H22N2O2S/c1-4-23-14(2)19(15(3)24)20(22-21(23)26)16-10-12-18(13-11-16)25-17-8-6-5-7-9-17/h5-13,20H,4H2,1-3H3,(H,22,26). The first kappa shape index (κ1) is 18.1. The lowest BCUT2D eigenvalue weighted by Crippen LogP contribution is -2.47. The number of para-hydroxylation sites is 1. The van der Waals surface area contributed by atoms with E-state index in [1.54, 1.807) is 6.92 Å². The first-order valence-electron chi connectivity index (χ1n) is 8.64. The molecule has 1 atom stereocenters. The molecule has 134 valence electrons. The molecular weight excluding hydrogens is 344 g/mol. The highest BCUT2D eigenvalue weighted by atomic mass is 32.1. The molecule has 1 aliphatic rings. The number of ether oxygens (including phenoxy) is 1. The molecule has 5 heteroatoms. The van der Waals surface area contributed by atoms with Gasteiger partial charge in [0.05, 0.1) is 6.04 Å². The summed E-state index contributed by atoms with van der Waals surface area (Å²) < 4.78 is 5.84. The molecule has 2 aromatic carbocycles. The number of allylic oxidation sites excluding steroid dienone is 1. The molecule has 4 nitrogen and oxygen atoms in total. The van der Waals surface area contributed by atoms with Crippen LogP contribution < -0.4 is 10.1 Å². The van der Waals surface area contributed by atoms with E-state index in [1.165, 1.54) is 0 Å². The molecule has 3 rings (SSSR count). The maximum absolute atomic E-state index is 12.3. The Morgan fingerprint density at radius 3 is 2.31 bits per heavy atom. The monoisotopic (exact) mass is 366 g/mol. The van der Waals surface area contributed by atoms with E-state index in [4.69, 9.17) is 17.0 Å². The number of rotatable bonds is 5. The summed E-state index contributed by atoms with van der Waals surface area (Å²) in [4.78, 5) is 14.2. The predicted octanol–water partition coefficient (Wildman–Crippen LogP) is 4.59. The van der Waals surface area contributed by atoms with Gasteiger partial charge in [0.15, 0.2) is 10.9 Å². The molecule has 2 aromatic rings. The number of benzene rings is 2. The second-order valence-electron chi connectivity index (χ2n) is 6.17. The van der Waals surface area contributed by atoms with Crippen molar-refractivity contribution in [3.05, 3.63) is 71.4 Å². The molecular formula is C21H22N2O2S. The Balaban J connectivity index is 1.89. The number of nitrogens with zero attached hydrogens (tertiary/aromatic N) is 1. The SMILES string of the molecule is CCN1C(=S)NC(c2ccc(Oc3ccccc3)cc2)C(C(C)=O)=C1C. The third kappa shape index (κ3) is 3.63. The molecule has 0 amide bonds. The fourth-order valence-electron chi connectivity index (χ4n) is 3.22. The lowest BCUT2D eigenvalue weighted by atomic mass is 9.92. The Hall–Kier alpha value is -2.66. The minimum Gasteiger partial charge on any atom is -0.457 e. The minimum atomic E-state index is -0.242. The Kier molecular flexibility index (Phi) is 5.38. The Bertz CT molecular complexity index is 844. The normalized spacial score (nSPS) is 17.1. The van der Waals surface area contributed by atoms with E-state index in [9.17, 15) is 4.79 Å². The van der Waals surface area contributed by atoms with Crippen molar-refractivity contribution in [2.75, 3.05) is 6.54 Å². The molecule has 0 aliphatic carbocycles. The van der Waals surface area contributed by atoms with E-state index < -0.39 is 0 Å². The summed E-state index contributed by atoms with van der Waals surface area (Å²) >= 11 is 5.48. The van der Waals surface area contributed by atoms with Crippen LogP contribution in [0.5, 0.6) is 11.5 Å². The van der Waals surface area contributed by atoms with Crippen LogP contribution in [0.4, 0.5) is 0 Å². The summed E-state index contributed by atoms with van der Waals surface area (Å²) in [5.41, 5.74) is 2.64. The van der Waals surface area contributed by atoms with Crippen molar-refractivity contribution in [1.82, 2.24) is 10.2 Å². The van der Waals surface area contributed by atoms with Crippen LogP contribution in [0.2, 0.25) is 0 Å². The summed E-state index contributed by atoms with van der Waals surface area (Å²) in [7, 11) is 0. The number of thiocarbonyl (C=S) groups is 1. The van der Waals surface area contributed by atoms with Gasteiger partial charge in [0.1, 0.15) is 11.5 Å². The first-order chi connectivity index (χ1) is 12.5. The molecule has 1 N–H and O–H groups in total. The Morgan fingerprint density at radius 2 is 1.73 bits per heavy atom. The quantitative estimate of drug-likeness (QED) is 0.784. The van der Waals surface area contributed by atoms with Crippen molar-refractivity contribution in [2.45, 2.75) is 26.8 Å². The number of hydrogen-bond donors (Lipinski definition) is 1. The minimum absolute atomic E-state index is 0.0468. The molecule has 0 radical (unpaired) electrons.